The number of thiazole rings is 1. The lowest BCUT2D eigenvalue weighted by Gasteiger charge is -2.40. The molecule has 1 saturated heterocycles. The van der Waals surface area contributed by atoms with Crippen LogP contribution in [0.4, 0.5) is 10.5 Å². The minimum absolute atomic E-state index is 0.0232. The number of amides is 8. The maximum atomic E-state index is 14.8. The zero-order chi connectivity index (χ0) is 74.7. The molecule has 4 rings (SSSR count). The number of ketones is 2. The molecular weight excluding hydrogens is 1310 g/mol. The van der Waals surface area contributed by atoms with Gasteiger partial charge in [0, 0.05) is 122 Å². The molecule has 1 fully saturated rings. The van der Waals surface area contributed by atoms with Crippen LogP contribution in [0.5, 0.6) is 0 Å². The Labute approximate surface area is 602 Å². The number of likely N-dealkylation sites (N-methyl/N-ethyl adjacent to an activating group) is 2. The molecule has 8 amide bonds. The lowest BCUT2D eigenvalue weighted by Crippen LogP contribution is -2.54. The highest BCUT2D eigenvalue weighted by Crippen LogP contribution is 2.34. The van der Waals surface area contributed by atoms with Gasteiger partial charge in [-0.25, -0.2) is 15.3 Å². The number of alkyl carbamates (subject to hydrolysis) is 1. The Kier molecular flexibility index (Phi) is 39.0. The van der Waals surface area contributed by atoms with E-state index in [2.05, 4.69) is 43.9 Å². The van der Waals surface area contributed by atoms with E-state index in [-0.39, 0.29) is 142 Å². The van der Waals surface area contributed by atoms with E-state index in [0.717, 1.165) is 36.3 Å². The minimum atomic E-state index is -0.999. The van der Waals surface area contributed by atoms with E-state index < -0.39 is 72.0 Å². The first-order valence-electron chi connectivity index (χ1n) is 36.1. The number of benzene rings is 2. The third-order valence-electron chi connectivity index (χ3n) is 19.0. The number of nitrogens with two attached hydrogens (primary N) is 1. The van der Waals surface area contributed by atoms with E-state index in [9.17, 15) is 47.9 Å². The SMILES string of the molecule is CO[C@H]([C@@H](C)C(=O)C[C@@H](Cc1ccccc1)c1nccs1)[C@@H]1CCCN1C(=O)C[C@@H](OC)[C@H](C(C)C)N(C)C(=O)[C@@H](CC(=O)[C@H](C(C)C)N(C)C(=O)CCCOCCNC(=O)OCc1ccc(NC(=O)C(CCCCC(N)=O)NC(=O)[C@@H](NC(=O)CCCCCCNO)C(C)C)cc1)C(C)C. The Bertz CT molecular complexity index is 3030. The first kappa shape index (κ1) is 86.2. The molecule has 0 bridgehead atoms. The van der Waals surface area contributed by atoms with Crippen molar-refractivity contribution < 1.29 is 72.1 Å². The molecule has 101 heavy (non-hydrogen) atoms. The predicted octanol–water partition coefficient (Wildman–Crippen LogP) is 8.94. The number of nitrogens with one attached hydrogen (secondary N) is 5. The highest BCUT2D eigenvalue weighted by Gasteiger charge is 2.44. The molecule has 0 spiro atoms. The van der Waals surface area contributed by atoms with Crippen molar-refractivity contribution in [3.63, 3.8) is 0 Å². The van der Waals surface area contributed by atoms with Crippen LogP contribution in [0.1, 0.15) is 187 Å². The Balaban J connectivity index is 1.24. The number of rotatable bonds is 49. The fraction of sp³-hybridized carbons (Fsp3) is 0.667. The van der Waals surface area contributed by atoms with Crippen molar-refractivity contribution in [2.75, 3.05) is 66.5 Å². The van der Waals surface area contributed by atoms with Crippen molar-refractivity contribution >= 4 is 76.0 Å². The molecule has 3 aromatic rings. The highest BCUT2D eigenvalue weighted by molar-refractivity contribution is 7.09. The number of Topliss-reactive ketones (excluding diaryl/α,β-unsaturated/α-hetero) is 2. The summed E-state index contributed by atoms with van der Waals surface area (Å²) < 4.78 is 23.3. The molecule has 26 heteroatoms. The van der Waals surface area contributed by atoms with Crippen molar-refractivity contribution in [1.82, 2.24) is 41.1 Å². The van der Waals surface area contributed by atoms with Crippen LogP contribution in [-0.2, 0) is 75.1 Å². The lowest BCUT2D eigenvalue weighted by molar-refractivity contribution is -0.149. The second-order valence-corrected chi connectivity index (χ2v) is 29.1. The molecular formula is C75H118N10O15S. The third-order valence-corrected chi connectivity index (χ3v) is 19.9. The van der Waals surface area contributed by atoms with Crippen LogP contribution in [0.3, 0.4) is 0 Å². The number of hydrogen-bond acceptors (Lipinski definition) is 18. The van der Waals surface area contributed by atoms with Gasteiger partial charge in [0.25, 0.3) is 0 Å². The monoisotopic (exact) mass is 1430 g/mol. The standard InChI is InChI=1S/C75H118N10O15S/c1-48(2)57(74(94)84(11)69(51(7)8)62(97-12)46-66(91)85-39-23-28-59(85)70(98-13)52(9)60(86)44-55(73-77-38-42-101-73)43-53-25-17-16-18-26-53)45-61(87)68(50(5)6)83(10)65(90)31-24-40-99-41-37-78-75(95)100-47-54-32-34-56(35-33-54)80-71(92)58(27-20-21-29-63(76)88)81-72(93)67(49(3)4)82-64(89)30-19-14-15-22-36-79-96/h16-18,25-26,32-35,38,42,48-52,55,57-59,62,67-70,79,96H,14-15,19-24,27-31,36-37,39-41,43-47H2,1-13H3,(H2,76,88)(H,78,95)(H,80,92)(H,81,93)(H,82,89)/t52-,55+,57-,58?,59-,62+,67-,68-,69-,70+/m0/s1. The van der Waals surface area contributed by atoms with Gasteiger partial charge in [-0.3, -0.25) is 43.2 Å². The van der Waals surface area contributed by atoms with Gasteiger partial charge in [-0.05, 0) is 98.3 Å². The number of carbonyl (C=O) groups is 10. The van der Waals surface area contributed by atoms with Gasteiger partial charge in [0.05, 0.1) is 48.4 Å². The number of carbonyl (C=O) groups excluding carboxylic acids is 10. The Morgan fingerprint density at radius 1 is 0.703 bits per heavy atom. The lowest BCUT2D eigenvalue weighted by atomic mass is 9.84. The maximum Gasteiger partial charge on any atom is 0.407 e. The second kappa shape index (κ2) is 45.7. The quantitative estimate of drug-likeness (QED) is 0.0205. The van der Waals surface area contributed by atoms with E-state index >= 15 is 0 Å². The number of anilines is 1. The summed E-state index contributed by atoms with van der Waals surface area (Å²) in [6.45, 7) is 18.3. The van der Waals surface area contributed by atoms with Gasteiger partial charge in [-0.15, -0.1) is 11.3 Å². The number of hydroxylamine groups is 1. The highest BCUT2D eigenvalue weighted by atomic mass is 32.1. The molecule has 8 N–H and O–H groups in total. The van der Waals surface area contributed by atoms with E-state index in [1.165, 1.54) is 23.3 Å². The topological polar surface area (TPSA) is 337 Å². The third kappa shape index (κ3) is 29.2. The van der Waals surface area contributed by atoms with Crippen molar-refractivity contribution in [3.05, 3.63) is 82.3 Å². The van der Waals surface area contributed by atoms with Gasteiger partial charge in [-0.1, -0.05) is 124 Å². The maximum absolute atomic E-state index is 14.8. The Hall–Kier alpha value is -7.23. The van der Waals surface area contributed by atoms with Crippen molar-refractivity contribution in [2.45, 2.75) is 226 Å². The van der Waals surface area contributed by atoms with Gasteiger partial charge < -0.3 is 65.9 Å². The van der Waals surface area contributed by atoms with Crippen LogP contribution in [0.2, 0.25) is 0 Å². The number of aromatic nitrogens is 1. The average molecular weight is 1430 g/mol. The Morgan fingerprint density at radius 3 is 2.01 bits per heavy atom. The predicted molar refractivity (Wildman–Crippen MR) is 388 cm³/mol. The largest absolute Gasteiger partial charge is 0.445 e. The number of likely N-dealkylation sites (tertiary alicyclic amines) is 1. The van der Waals surface area contributed by atoms with Gasteiger partial charge in [-0.2, -0.15) is 0 Å². The van der Waals surface area contributed by atoms with Crippen molar-refractivity contribution in [2.24, 2.45) is 41.2 Å². The normalized spacial score (nSPS) is 15.8. The second-order valence-electron chi connectivity index (χ2n) is 28.1. The first-order chi connectivity index (χ1) is 48.1. The first-order valence-corrected chi connectivity index (χ1v) is 37.0. The average Bonchev–Trinajstić information content (AvgIpc) is 0.913. The Morgan fingerprint density at radius 2 is 1.40 bits per heavy atom. The molecule has 1 aliphatic rings. The molecule has 1 aromatic heterocycles. The fourth-order valence-corrected chi connectivity index (χ4v) is 14.1. The summed E-state index contributed by atoms with van der Waals surface area (Å²) in [5.41, 5.74) is 9.59. The van der Waals surface area contributed by atoms with Gasteiger partial charge in [0.1, 0.15) is 24.5 Å². The van der Waals surface area contributed by atoms with E-state index in [1.54, 1.807) is 70.4 Å². The molecule has 0 radical (unpaired) electrons. The zero-order valence-electron chi connectivity index (χ0n) is 62.1. The summed E-state index contributed by atoms with van der Waals surface area (Å²) in [4.78, 5) is 145. The molecule has 0 aliphatic carbocycles. The summed E-state index contributed by atoms with van der Waals surface area (Å²) in [6.07, 6.45) is 6.83. The fourth-order valence-electron chi connectivity index (χ4n) is 13.4. The van der Waals surface area contributed by atoms with Crippen LogP contribution < -0.4 is 32.5 Å². The molecule has 2 heterocycles. The number of nitrogens with zero attached hydrogens (tertiary/aromatic N) is 4. The minimum Gasteiger partial charge on any atom is -0.445 e. The number of primary amides is 1. The number of ether oxygens (including phenoxy) is 4. The van der Waals surface area contributed by atoms with Gasteiger partial charge in [0.15, 0.2) is 5.78 Å². The molecule has 10 atom stereocenters. The number of hydrogen-bond donors (Lipinski definition) is 7. The van der Waals surface area contributed by atoms with Crippen LogP contribution in [0, 0.1) is 35.5 Å². The van der Waals surface area contributed by atoms with Crippen molar-refractivity contribution in [1.29, 1.82) is 0 Å². The summed E-state index contributed by atoms with van der Waals surface area (Å²) in [5.74, 6) is -5.00. The molecule has 25 nitrogen and oxygen atoms in total. The molecule has 1 unspecified atom stereocenters. The summed E-state index contributed by atoms with van der Waals surface area (Å²) in [5, 5.41) is 22.6. The van der Waals surface area contributed by atoms with Gasteiger partial charge >= 0.3 is 6.09 Å². The smallest absolute Gasteiger partial charge is 0.407 e. The van der Waals surface area contributed by atoms with Gasteiger partial charge in [0.2, 0.25) is 41.4 Å². The number of unbranched alkanes of at least 4 members (excludes halogenated alkanes) is 4. The van der Waals surface area contributed by atoms with Crippen molar-refractivity contribution in [3.8, 4) is 0 Å². The molecule has 0 saturated carbocycles. The molecule has 1 aliphatic heterocycles. The van der Waals surface area contributed by atoms with E-state index in [0.29, 0.717) is 62.9 Å². The summed E-state index contributed by atoms with van der Waals surface area (Å²) in [6, 6.07) is 13.0. The number of methoxy groups -OCH3 is 2. The van der Waals surface area contributed by atoms with Crippen LogP contribution >= 0.6 is 11.3 Å². The molecule has 564 valence electrons. The zero-order valence-corrected chi connectivity index (χ0v) is 63.0. The molecule has 2 aromatic carbocycles. The van der Waals surface area contributed by atoms with Crippen LogP contribution in [-0.4, -0.2) is 187 Å². The van der Waals surface area contributed by atoms with Crippen LogP contribution in [0.15, 0.2) is 66.2 Å². The van der Waals surface area contributed by atoms with E-state index in [1.807, 2.05) is 76.9 Å². The summed E-state index contributed by atoms with van der Waals surface area (Å²) >= 11 is 1.54. The summed E-state index contributed by atoms with van der Waals surface area (Å²) in [7, 11) is 6.44. The van der Waals surface area contributed by atoms with E-state index in [4.69, 9.17) is 29.9 Å². The van der Waals surface area contributed by atoms with Crippen LogP contribution in [0.25, 0.3) is 0 Å².